The lowest BCUT2D eigenvalue weighted by Crippen LogP contribution is -2.16. The minimum absolute atomic E-state index is 0.0239. The summed E-state index contributed by atoms with van der Waals surface area (Å²) in [4.78, 5) is -1.75. The molecule has 0 aliphatic heterocycles. The highest BCUT2D eigenvalue weighted by atomic mass is 79.9. The third kappa shape index (κ3) is 2.81. The van der Waals surface area contributed by atoms with Gasteiger partial charge in [-0.05, 0) is 6.07 Å². The lowest BCUT2D eigenvalue weighted by molar-refractivity contribution is -0.128. The Bertz CT molecular complexity index is 366. The fraction of sp³-hybridized carbons (Fsp3) is 0.400. The average molecular weight is 299 g/mol. The van der Waals surface area contributed by atoms with Crippen molar-refractivity contribution in [2.24, 2.45) is 0 Å². The zero-order chi connectivity index (χ0) is 12.3. The maximum absolute atomic E-state index is 12.5. The van der Waals surface area contributed by atoms with Crippen molar-refractivity contribution in [1.29, 1.82) is 0 Å². The van der Waals surface area contributed by atoms with E-state index in [9.17, 15) is 13.2 Å². The number of halogens is 4. The van der Waals surface area contributed by atoms with Crippen LogP contribution in [0.15, 0.2) is 18.2 Å². The molecule has 0 radical (unpaired) electrons. The molecular weight excluding hydrogens is 289 g/mol. The number of ether oxygens (including phenoxy) is 2. The summed E-state index contributed by atoms with van der Waals surface area (Å²) in [6, 6.07) is 4.19. The molecule has 2 nitrogen and oxygen atoms in total. The van der Waals surface area contributed by atoms with Crippen LogP contribution in [0.3, 0.4) is 0 Å². The first-order chi connectivity index (χ1) is 7.40. The van der Waals surface area contributed by atoms with Crippen molar-refractivity contribution in [3.8, 4) is 11.5 Å². The van der Waals surface area contributed by atoms with Crippen LogP contribution in [-0.2, 0) is 0 Å². The van der Waals surface area contributed by atoms with Crippen molar-refractivity contribution in [1.82, 2.24) is 0 Å². The number of benzene rings is 1. The van der Waals surface area contributed by atoms with Crippen LogP contribution < -0.4 is 9.47 Å². The van der Waals surface area contributed by atoms with Crippen LogP contribution in [0.1, 0.15) is 10.4 Å². The van der Waals surface area contributed by atoms with E-state index in [1.807, 2.05) is 0 Å². The minimum atomic E-state index is -4.36. The topological polar surface area (TPSA) is 18.5 Å². The lowest BCUT2D eigenvalue weighted by atomic mass is 10.1. The van der Waals surface area contributed by atoms with Crippen LogP contribution in [0.25, 0.3) is 0 Å². The molecule has 1 atom stereocenters. The summed E-state index contributed by atoms with van der Waals surface area (Å²) >= 11 is 2.60. The highest BCUT2D eigenvalue weighted by Crippen LogP contribution is 2.44. The third-order valence-electron chi connectivity index (χ3n) is 2.00. The van der Waals surface area contributed by atoms with Gasteiger partial charge < -0.3 is 9.47 Å². The first-order valence-electron chi connectivity index (χ1n) is 4.33. The molecule has 0 aliphatic rings. The summed E-state index contributed by atoms with van der Waals surface area (Å²) in [7, 11) is 2.75. The van der Waals surface area contributed by atoms with E-state index in [4.69, 9.17) is 9.47 Å². The quantitative estimate of drug-likeness (QED) is 0.792. The largest absolute Gasteiger partial charge is 0.497 e. The molecule has 0 saturated heterocycles. The Morgan fingerprint density at radius 1 is 1.19 bits per heavy atom. The monoisotopic (exact) mass is 298 g/mol. The summed E-state index contributed by atoms with van der Waals surface area (Å²) in [6.07, 6.45) is -4.36. The molecule has 1 aromatic carbocycles. The Morgan fingerprint density at radius 3 is 2.25 bits per heavy atom. The Kier molecular flexibility index (Phi) is 4.07. The molecule has 90 valence electrons. The van der Waals surface area contributed by atoms with E-state index in [0.29, 0.717) is 5.75 Å². The van der Waals surface area contributed by atoms with Gasteiger partial charge in [-0.2, -0.15) is 13.2 Å². The molecule has 0 amide bonds. The van der Waals surface area contributed by atoms with Gasteiger partial charge in [0.05, 0.1) is 14.2 Å². The molecule has 0 heterocycles. The summed E-state index contributed by atoms with van der Waals surface area (Å²) < 4.78 is 47.3. The third-order valence-corrected chi connectivity index (χ3v) is 3.01. The van der Waals surface area contributed by atoms with E-state index in [0.717, 1.165) is 0 Å². The molecule has 1 aromatic rings. The molecule has 0 bridgehead atoms. The second kappa shape index (κ2) is 4.95. The van der Waals surface area contributed by atoms with Crippen molar-refractivity contribution in [2.45, 2.75) is 11.0 Å². The Hall–Kier alpha value is -0.910. The van der Waals surface area contributed by atoms with Gasteiger partial charge in [0.2, 0.25) is 0 Å². The Labute approximate surface area is 99.5 Å². The summed E-state index contributed by atoms with van der Waals surface area (Å²) in [5, 5.41) is 0. The van der Waals surface area contributed by atoms with Gasteiger partial charge in [-0.3, -0.25) is 0 Å². The average Bonchev–Trinajstić information content (AvgIpc) is 2.26. The van der Waals surface area contributed by atoms with Crippen molar-refractivity contribution in [3.63, 3.8) is 0 Å². The highest BCUT2D eigenvalue weighted by Gasteiger charge is 2.40. The Balaban J connectivity index is 3.14. The number of rotatable bonds is 3. The van der Waals surface area contributed by atoms with Gasteiger partial charge in [0.15, 0.2) is 0 Å². The van der Waals surface area contributed by atoms with E-state index in [1.54, 1.807) is 0 Å². The van der Waals surface area contributed by atoms with Crippen LogP contribution in [0.2, 0.25) is 0 Å². The van der Waals surface area contributed by atoms with Crippen molar-refractivity contribution in [2.75, 3.05) is 14.2 Å². The molecule has 0 aromatic heterocycles. The number of alkyl halides is 4. The van der Waals surface area contributed by atoms with Gasteiger partial charge in [0.1, 0.15) is 16.3 Å². The number of hydrogen-bond acceptors (Lipinski definition) is 2. The van der Waals surface area contributed by atoms with E-state index in [2.05, 4.69) is 15.9 Å². The molecule has 1 rings (SSSR count). The van der Waals surface area contributed by atoms with Gasteiger partial charge in [0.25, 0.3) is 0 Å². The molecule has 16 heavy (non-hydrogen) atoms. The molecule has 0 N–H and O–H groups in total. The van der Waals surface area contributed by atoms with Crippen LogP contribution in [-0.4, -0.2) is 20.4 Å². The number of methoxy groups -OCH3 is 2. The fourth-order valence-corrected chi connectivity index (χ4v) is 1.58. The highest BCUT2D eigenvalue weighted by molar-refractivity contribution is 9.09. The molecule has 1 unspecified atom stereocenters. The zero-order valence-electron chi connectivity index (χ0n) is 8.64. The van der Waals surface area contributed by atoms with Gasteiger partial charge >= 0.3 is 6.18 Å². The van der Waals surface area contributed by atoms with E-state index < -0.39 is 11.0 Å². The van der Waals surface area contributed by atoms with Crippen molar-refractivity contribution < 1.29 is 22.6 Å². The maximum atomic E-state index is 12.5. The zero-order valence-corrected chi connectivity index (χ0v) is 10.2. The summed E-state index contributed by atoms with van der Waals surface area (Å²) in [5.74, 6) is 0.584. The number of hydrogen-bond donors (Lipinski definition) is 0. The molecule has 0 aliphatic carbocycles. The standard InChI is InChI=1S/C10H10BrF3O2/c1-15-6-3-4-7(8(5-6)16-2)9(11)10(12,13)14/h3-5,9H,1-2H3. The van der Waals surface area contributed by atoms with Gasteiger partial charge in [-0.15, -0.1) is 0 Å². The van der Waals surface area contributed by atoms with E-state index in [1.165, 1.54) is 32.4 Å². The summed E-state index contributed by atoms with van der Waals surface area (Å²) in [5.41, 5.74) is 0.0239. The predicted molar refractivity (Wildman–Crippen MR) is 57.3 cm³/mol. The van der Waals surface area contributed by atoms with E-state index in [-0.39, 0.29) is 11.3 Å². The normalized spacial score (nSPS) is 13.4. The first-order valence-corrected chi connectivity index (χ1v) is 5.24. The van der Waals surface area contributed by atoms with Gasteiger partial charge in [0, 0.05) is 11.6 Å². The van der Waals surface area contributed by atoms with Crippen LogP contribution in [0.4, 0.5) is 13.2 Å². The second-order valence-electron chi connectivity index (χ2n) is 3.01. The molecule has 0 spiro atoms. The van der Waals surface area contributed by atoms with E-state index >= 15 is 0 Å². The predicted octanol–water partition coefficient (Wildman–Crippen LogP) is 3.70. The maximum Gasteiger partial charge on any atom is 0.405 e. The molecule has 6 heteroatoms. The molecular formula is C10H10BrF3O2. The van der Waals surface area contributed by atoms with Crippen molar-refractivity contribution >= 4 is 15.9 Å². The lowest BCUT2D eigenvalue weighted by Gasteiger charge is -2.17. The first kappa shape index (κ1) is 13.2. The van der Waals surface area contributed by atoms with Gasteiger partial charge in [-0.1, -0.05) is 22.0 Å². The fourth-order valence-electron chi connectivity index (χ4n) is 1.20. The smallest absolute Gasteiger partial charge is 0.405 e. The molecule has 0 saturated carbocycles. The van der Waals surface area contributed by atoms with Gasteiger partial charge in [-0.25, -0.2) is 0 Å². The van der Waals surface area contributed by atoms with Crippen LogP contribution in [0, 0.1) is 0 Å². The Morgan fingerprint density at radius 2 is 1.81 bits per heavy atom. The molecule has 0 fully saturated rings. The van der Waals surface area contributed by atoms with Crippen LogP contribution >= 0.6 is 15.9 Å². The van der Waals surface area contributed by atoms with Crippen molar-refractivity contribution in [3.05, 3.63) is 23.8 Å². The minimum Gasteiger partial charge on any atom is -0.497 e. The summed E-state index contributed by atoms with van der Waals surface area (Å²) in [6.45, 7) is 0. The second-order valence-corrected chi connectivity index (χ2v) is 3.93. The van der Waals surface area contributed by atoms with Crippen LogP contribution in [0.5, 0.6) is 11.5 Å². The SMILES string of the molecule is COc1ccc(C(Br)C(F)(F)F)c(OC)c1.